The standard InChI is InChI=1S/C13H19BrO3/c1-13(15,6-7-16-2)9-10-8-11(17-3)4-5-12(10)14/h4-5,8,15H,6-7,9H2,1-3H3. The molecule has 0 heterocycles. The van der Waals surface area contributed by atoms with Crippen LogP contribution in [0.25, 0.3) is 0 Å². The molecule has 1 atom stereocenters. The van der Waals surface area contributed by atoms with Gasteiger partial charge in [0.1, 0.15) is 5.75 Å². The molecule has 1 rings (SSSR count). The minimum atomic E-state index is -0.773. The van der Waals surface area contributed by atoms with Crippen molar-refractivity contribution in [2.45, 2.75) is 25.4 Å². The molecule has 17 heavy (non-hydrogen) atoms. The Morgan fingerprint density at radius 1 is 1.35 bits per heavy atom. The van der Waals surface area contributed by atoms with Crippen LogP contribution in [0.1, 0.15) is 18.9 Å². The maximum atomic E-state index is 10.2. The molecule has 0 fully saturated rings. The molecule has 0 aliphatic carbocycles. The highest BCUT2D eigenvalue weighted by molar-refractivity contribution is 9.10. The number of halogens is 1. The van der Waals surface area contributed by atoms with Crippen LogP contribution < -0.4 is 4.74 Å². The molecule has 0 aromatic heterocycles. The Hall–Kier alpha value is -0.580. The summed E-state index contributed by atoms with van der Waals surface area (Å²) in [4.78, 5) is 0. The second-order valence-electron chi connectivity index (χ2n) is 4.37. The van der Waals surface area contributed by atoms with Gasteiger partial charge in [0.25, 0.3) is 0 Å². The SMILES string of the molecule is COCCC(C)(O)Cc1cc(OC)ccc1Br. The normalized spacial score (nSPS) is 14.4. The van der Waals surface area contributed by atoms with Gasteiger partial charge in [-0.05, 0) is 37.1 Å². The lowest BCUT2D eigenvalue weighted by Gasteiger charge is -2.23. The van der Waals surface area contributed by atoms with Crippen molar-refractivity contribution in [3.63, 3.8) is 0 Å². The number of aliphatic hydroxyl groups is 1. The highest BCUT2D eigenvalue weighted by Gasteiger charge is 2.22. The van der Waals surface area contributed by atoms with E-state index >= 15 is 0 Å². The van der Waals surface area contributed by atoms with E-state index in [0.717, 1.165) is 15.8 Å². The Bertz CT molecular complexity index is 364. The van der Waals surface area contributed by atoms with Crippen LogP contribution >= 0.6 is 15.9 Å². The van der Waals surface area contributed by atoms with Crippen molar-refractivity contribution in [1.82, 2.24) is 0 Å². The molecule has 0 bridgehead atoms. The predicted octanol–water partition coefficient (Wildman–Crippen LogP) is 2.79. The number of methoxy groups -OCH3 is 2. The lowest BCUT2D eigenvalue weighted by molar-refractivity contribution is 0.0248. The van der Waals surface area contributed by atoms with E-state index < -0.39 is 5.60 Å². The van der Waals surface area contributed by atoms with Crippen LogP contribution in [0, 0.1) is 0 Å². The first-order valence-corrected chi connectivity index (χ1v) is 6.31. The van der Waals surface area contributed by atoms with Crippen molar-refractivity contribution < 1.29 is 14.6 Å². The topological polar surface area (TPSA) is 38.7 Å². The zero-order valence-corrected chi connectivity index (χ0v) is 12.1. The van der Waals surface area contributed by atoms with E-state index in [1.165, 1.54) is 0 Å². The number of ether oxygens (including phenoxy) is 2. The highest BCUT2D eigenvalue weighted by Crippen LogP contribution is 2.27. The number of hydrogen-bond acceptors (Lipinski definition) is 3. The molecular weight excluding hydrogens is 284 g/mol. The fraction of sp³-hybridized carbons (Fsp3) is 0.538. The first-order chi connectivity index (χ1) is 7.98. The smallest absolute Gasteiger partial charge is 0.119 e. The van der Waals surface area contributed by atoms with Crippen molar-refractivity contribution in [3.8, 4) is 5.75 Å². The third-order valence-corrected chi connectivity index (χ3v) is 3.44. The third-order valence-electron chi connectivity index (χ3n) is 2.67. The predicted molar refractivity (Wildman–Crippen MR) is 71.5 cm³/mol. The van der Waals surface area contributed by atoms with Gasteiger partial charge < -0.3 is 14.6 Å². The largest absolute Gasteiger partial charge is 0.497 e. The molecule has 96 valence electrons. The lowest BCUT2D eigenvalue weighted by atomic mass is 9.93. The van der Waals surface area contributed by atoms with Gasteiger partial charge in [-0.3, -0.25) is 0 Å². The van der Waals surface area contributed by atoms with E-state index in [2.05, 4.69) is 15.9 Å². The minimum Gasteiger partial charge on any atom is -0.497 e. The molecule has 0 radical (unpaired) electrons. The van der Waals surface area contributed by atoms with Gasteiger partial charge in [0.2, 0.25) is 0 Å². The van der Waals surface area contributed by atoms with Crippen LogP contribution in [-0.4, -0.2) is 31.5 Å². The Morgan fingerprint density at radius 3 is 2.65 bits per heavy atom. The van der Waals surface area contributed by atoms with Crippen LogP contribution in [0.3, 0.4) is 0 Å². The molecule has 0 saturated carbocycles. The van der Waals surface area contributed by atoms with E-state index in [4.69, 9.17) is 9.47 Å². The Morgan fingerprint density at radius 2 is 2.06 bits per heavy atom. The van der Waals surface area contributed by atoms with Crippen molar-refractivity contribution in [3.05, 3.63) is 28.2 Å². The van der Waals surface area contributed by atoms with Gasteiger partial charge in [-0.15, -0.1) is 0 Å². The average Bonchev–Trinajstić information content (AvgIpc) is 2.29. The Kier molecular flexibility index (Phi) is 5.43. The molecule has 0 amide bonds. The monoisotopic (exact) mass is 302 g/mol. The summed E-state index contributed by atoms with van der Waals surface area (Å²) in [5.74, 6) is 0.797. The number of rotatable bonds is 6. The van der Waals surface area contributed by atoms with Crippen LogP contribution in [0.5, 0.6) is 5.75 Å². The molecule has 0 saturated heterocycles. The molecule has 0 aliphatic rings. The average molecular weight is 303 g/mol. The van der Waals surface area contributed by atoms with Crippen LogP contribution in [0.15, 0.2) is 22.7 Å². The molecule has 1 N–H and O–H groups in total. The van der Waals surface area contributed by atoms with Crippen molar-refractivity contribution in [1.29, 1.82) is 0 Å². The van der Waals surface area contributed by atoms with Crippen LogP contribution in [-0.2, 0) is 11.2 Å². The fourth-order valence-electron chi connectivity index (χ4n) is 1.63. The van der Waals surface area contributed by atoms with Gasteiger partial charge in [-0.2, -0.15) is 0 Å². The second-order valence-corrected chi connectivity index (χ2v) is 5.23. The molecule has 0 spiro atoms. The second kappa shape index (κ2) is 6.38. The summed E-state index contributed by atoms with van der Waals surface area (Å²) in [6.45, 7) is 2.37. The Labute approximate surface area is 111 Å². The van der Waals surface area contributed by atoms with E-state index in [-0.39, 0.29) is 0 Å². The zero-order valence-electron chi connectivity index (χ0n) is 10.5. The molecule has 1 unspecified atom stereocenters. The van der Waals surface area contributed by atoms with Gasteiger partial charge >= 0.3 is 0 Å². The quantitative estimate of drug-likeness (QED) is 0.878. The van der Waals surface area contributed by atoms with Crippen molar-refractivity contribution >= 4 is 15.9 Å². The summed E-state index contributed by atoms with van der Waals surface area (Å²) < 4.78 is 11.2. The first-order valence-electron chi connectivity index (χ1n) is 5.52. The summed E-state index contributed by atoms with van der Waals surface area (Å²) in [6, 6.07) is 5.75. The molecule has 3 nitrogen and oxygen atoms in total. The molecule has 1 aromatic rings. The van der Waals surface area contributed by atoms with E-state index in [1.54, 1.807) is 14.2 Å². The van der Waals surface area contributed by atoms with Crippen LogP contribution in [0.2, 0.25) is 0 Å². The maximum Gasteiger partial charge on any atom is 0.119 e. The van der Waals surface area contributed by atoms with Gasteiger partial charge in [0, 0.05) is 24.6 Å². The maximum absolute atomic E-state index is 10.2. The lowest BCUT2D eigenvalue weighted by Crippen LogP contribution is -2.29. The summed E-state index contributed by atoms with van der Waals surface area (Å²) in [6.07, 6.45) is 1.17. The molecular formula is C13H19BrO3. The fourth-order valence-corrected chi connectivity index (χ4v) is 2.02. The molecule has 0 aliphatic heterocycles. The summed E-state index contributed by atoms with van der Waals surface area (Å²) in [5.41, 5.74) is 0.260. The summed E-state index contributed by atoms with van der Waals surface area (Å²) in [7, 11) is 3.27. The Balaban J connectivity index is 2.78. The van der Waals surface area contributed by atoms with E-state index in [1.807, 2.05) is 25.1 Å². The highest BCUT2D eigenvalue weighted by atomic mass is 79.9. The minimum absolute atomic E-state index is 0.550. The third kappa shape index (κ3) is 4.66. The molecule has 1 aromatic carbocycles. The van der Waals surface area contributed by atoms with Crippen molar-refractivity contribution in [2.75, 3.05) is 20.8 Å². The summed E-state index contributed by atoms with van der Waals surface area (Å²) >= 11 is 3.48. The van der Waals surface area contributed by atoms with Gasteiger partial charge in [0.15, 0.2) is 0 Å². The van der Waals surface area contributed by atoms with E-state index in [9.17, 15) is 5.11 Å². The van der Waals surface area contributed by atoms with Crippen LogP contribution in [0.4, 0.5) is 0 Å². The van der Waals surface area contributed by atoms with Gasteiger partial charge in [0.05, 0.1) is 12.7 Å². The van der Waals surface area contributed by atoms with E-state index in [0.29, 0.717) is 19.4 Å². The van der Waals surface area contributed by atoms with Crippen molar-refractivity contribution in [2.24, 2.45) is 0 Å². The zero-order chi connectivity index (χ0) is 12.9. The number of hydrogen-bond donors (Lipinski definition) is 1. The molecule has 4 heteroatoms. The summed E-state index contributed by atoms with van der Waals surface area (Å²) in [5, 5.41) is 10.2. The van der Waals surface area contributed by atoms with Gasteiger partial charge in [-0.1, -0.05) is 15.9 Å². The van der Waals surface area contributed by atoms with Gasteiger partial charge in [-0.25, -0.2) is 0 Å². The number of benzene rings is 1. The first kappa shape index (κ1) is 14.5.